The number of hydrogen-bond donors (Lipinski definition) is 0. The molecule has 0 N–H and O–H groups in total. The molecule has 5 nitrogen and oxygen atoms in total. The lowest BCUT2D eigenvalue weighted by atomic mass is 10.2. The Hall–Kier alpha value is -2.12. The third-order valence-corrected chi connectivity index (χ3v) is 2.21. The van der Waals surface area contributed by atoms with E-state index in [1.54, 1.807) is 0 Å². The third-order valence-electron chi connectivity index (χ3n) is 2.21. The van der Waals surface area contributed by atoms with Crippen LogP contribution in [0.25, 0.3) is 11.0 Å². The van der Waals surface area contributed by atoms with Crippen molar-refractivity contribution in [2.45, 2.75) is 12.7 Å². The lowest BCUT2D eigenvalue weighted by Crippen LogP contribution is -2.19. The quantitative estimate of drug-likeness (QED) is 0.771. The maximum absolute atomic E-state index is 12.4. The van der Waals surface area contributed by atoms with Gasteiger partial charge in [-0.3, -0.25) is 0 Å². The summed E-state index contributed by atoms with van der Waals surface area (Å²) in [6.07, 6.45) is -3.11. The van der Waals surface area contributed by atoms with Gasteiger partial charge in [0.05, 0.1) is 12.5 Å². The molecule has 0 amide bonds. The molecular weight excluding hydrogens is 251 g/mol. The molecular formula is C10H8F3N3O2. The number of hydrogen-bond acceptors (Lipinski definition) is 4. The standard InChI is InChI=1S/C10H8F3N3O2/c1-18-9(17)7-6-3-2-4-14-8(6)16(15-7)5-10(11,12)13/h2-4H,5H2,1H3. The number of fused-ring (bicyclic) bond motifs is 1. The van der Waals surface area contributed by atoms with Crippen molar-refractivity contribution in [2.75, 3.05) is 7.11 Å². The van der Waals surface area contributed by atoms with E-state index < -0.39 is 18.7 Å². The normalized spacial score (nSPS) is 11.8. The third kappa shape index (κ3) is 2.27. The Morgan fingerprint density at radius 2 is 2.22 bits per heavy atom. The van der Waals surface area contributed by atoms with E-state index in [1.165, 1.54) is 18.3 Å². The molecule has 0 spiro atoms. The zero-order valence-electron chi connectivity index (χ0n) is 9.23. The number of methoxy groups -OCH3 is 1. The Bertz CT molecular complexity index is 592. The monoisotopic (exact) mass is 259 g/mol. The van der Waals surface area contributed by atoms with Gasteiger partial charge < -0.3 is 4.74 Å². The Balaban J connectivity index is 2.58. The van der Waals surface area contributed by atoms with Crippen molar-refractivity contribution in [3.05, 3.63) is 24.0 Å². The number of pyridine rings is 1. The minimum Gasteiger partial charge on any atom is -0.464 e. The second-order valence-electron chi connectivity index (χ2n) is 3.49. The van der Waals surface area contributed by atoms with Crippen LogP contribution in [0.4, 0.5) is 13.2 Å². The van der Waals surface area contributed by atoms with Gasteiger partial charge in [-0.1, -0.05) is 0 Å². The molecule has 0 aromatic carbocycles. The predicted octanol–water partition coefficient (Wildman–Crippen LogP) is 1.78. The SMILES string of the molecule is COC(=O)c1nn(CC(F)(F)F)c2ncccc12. The molecule has 0 aliphatic carbocycles. The molecule has 0 bridgehead atoms. The van der Waals surface area contributed by atoms with Crippen LogP contribution in [0.15, 0.2) is 18.3 Å². The number of rotatable bonds is 2. The highest BCUT2D eigenvalue weighted by Gasteiger charge is 2.31. The van der Waals surface area contributed by atoms with Gasteiger partial charge in [0.1, 0.15) is 6.54 Å². The molecule has 96 valence electrons. The molecule has 0 radical (unpaired) electrons. The first-order chi connectivity index (χ1) is 8.42. The summed E-state index contributed by atoms with van der Waals surface area (Å²) < 4.78 is 42.2. The number of nitrogens with zero attached hydrogens (tertiary/aromatic N) is 3. The second-order valence-corrected chi connectivity index (χ2v) is 3.49. The molecule has 2 rings (SSSR count). The Kier molecular flexibility index (Phi) is 2.93. The summed E-state index contributed by atoms with van der Waals surface area (Å²) in [6.45, 7) is -1.31. The predicted molar refractivity (Wildman–Crippen MR) is 54.9 cm³/mol. The van der Waals surface area contributed by atoms with E-state index in [1.807, 2.05) is 0 Å². The first kappa shape index (κ1) is 12.3. The lowest BCUT2D eigenvalue weighted by molar-refractivity contribution is -0.142. The van der Waals surface area contributed by atoms with Crippen LogP contribution in [0, 0.1) is 0 Å². The van der Waals surface area contributed by atoms with Crippen molar-refractivity contribution in [3.8, 4) is 0 Å². The van der Waals surface area contributed by atoms with Crippen LogP contribution in [0.2, 0.25) is 0 Å². The Labute approximate surface area is 99.2 Å². The number of esters is 1. The van der Waals surface area contributed by atoms with E-state index in [0.717, 1.165) is 7.11 Å². The van der Waals surface area contributed by atoms with Gasteiger partial charge in [-0.15, -0.1) is 0 Å². The maximum atomic E-state index is 12.4. The maximum Gasteiger partial charge on any atom is 0.408 e. The van der Waals surface area contributed by atoms with Crippen LogP contribution in [0.1, 0.15) is 10.5 Å². The van der Waals surface area contributed by atoms with Crippen LogP contribution >= 0.6 is 0 Å². The zero-order chi connectivity index (χ0) is 13.3. The summed E-state index contributed by atoms with van der Waals surface area (Å²) in [5, 5.41) is 3.84. The van der Waals surface area contributed by atoms with Gasteiger partial charge in [0.2, 0.25) is 0 Å². The Morgan fingerprint density at radius 1 is 1.50 bits per heavy atom. The summed E-state index contributed by atoms with van der Waals surface area (Å²) in [6, 6.07) is 2.98. The van der Waals surface area contributed by atoms with Crippen LogP contribution in [-0.2, 0) is 11.3 Å². The first-order valence-corrected chi connectivity index (χ1v) is 4.89. The van der Waals surface area contributed by atoms with E-state index in [4.69, 9.17) is 0 Å². The smallest absolute Gasteiger partial charge is 0.408 e. The van der Waals surface area contributed by atoms with Crippen LogP contribution < -0.4 is 0 Å². The molecule has 0 aliphatic rings. The van der Waals surface area contributed by atoms with E-state index in [2.05, 4.69) is 14.8 Å². The summed E-state index contributed by atoms with van der Waals surface area (Å²) in [4.78, 5) is 15.2. The molecule has 8 heteroatoms. The van der Waals surface area contributed by atoms with Crippen molar-refractivity contribution in [3.63, 3.8) is 0 Å². The average Bonchev–Trinajstić information content (AvgIpc) is 2.65. The van der Waals surface area contributed by atoms with E-state index in [0.29, 0.717) is 4.68 Å². The topological polar surface area (TPSA) is 57.0 Å². The molecule has 0 saturated heterocycles. The molecule has 18 heavy (non-hydrogen) atoms. The van der Waals surface area contributed by atoms with Gasteiger partial charge in [0.25, 0.3) is 0 Å². The van der Waals surface area contributed by atoms with Gasteiger partial charge in [0.15, 0.2) is 11.3 Å². The molecule has 0 unspecified atom stereocenters. The van der Waals surface area contributed by atoms with Crippen molar-refractivity contribution in [1.29, 1.82) is 0 Å². The van der Waals surface area contributed by atoms with Gasteiger partial charge >= 0.3 is 12.1 Å². The molecule has 2 heterocycles. The van der Waals surface area contributed by atoms with Crippen LogP contribution in [0.5, 0.6) is 0 Å². The van der Waals surface area contributed by atoms with Gasteiger partial charge in [-0.25, -0.2) is 14.5 Å². The van der Waals surface area contributed by atoms with Crippen molar-refractivity contribution in [2.24, 2.45) is 0 Å². The number of carbonyl (C=O) groups excluding carboxylic acids is 1. The van der Waals surface area contributed by atoms with Gasteiger partial charge in [-0.05, 0) is 12.1 Å². The number of aromatic nitrogens is 3. The number of halogens is 3. The van der Waals surface area contributed by atoms with Crippen molar-refractivity contribution >= 4 is 17.0 Å². The van der Waals surface area contributed by atoms with Crippen molar-refractivity contribution < 1.29 is 22.7 Å². The largest absolute Gasteiger partial charge is 0.464 e. The van der Waals surface area contributed by atoms with Crippen LogP contribution in [-0.4, -0.2) is 34.0 Å². The number of carbonyl (C=O) groups is 1. The van der Waals surface area contributed by atoms with Crippen LogP contribution in [0.3, 0.4) is 0 Å². The minimum absolute atomic E-state index is 0.00442. The molecule has 0 fully saturated rings. The Morgan fingerprint density at radius 3 is 2.83 bits per heavy atom. The highest BCUT2D eigenvalue weighted by molar-refractivity contribution is 6.00. The molecule has 0 aliphatic heterocycles. The second kappa shape index (κ2) is 4.28. The molecule has 0 atom stereocenters. The fourth-order valence-electron chi connectivity index (χ4n) is 1.54. The molecule has 2 aromatic rings. The van der Waals surface area contributed by atoms with Crippen molar-refractivity contribution in [1.82, 2.24) is 14.8 Å². The zero-order valence-corrected chi connectivity index (χ0v) is 9.23. The minimum atomic E-state index is -4.44. The summed E-state index contributed by atoms with van der Waals surface area (Å²) >= 11 is 0. The summed E-state index contributed by atoms with van der Waals surface area (Å²) in [5.74, 6) is -0.797. The van der Waals surface area contributed by atoms with E-state index in [9.17, 15) is 18.0 Å². The fourth-order valence-corrected chi connectivity index (χ4v) is 1.54. The highest BCUT2D eigenvalue weighted by Crippen LogP contribution is 2.22. The van der Waals surface area contributed by atoms with E-state index in [-0.39, 0.29) is 16.7 Å². The summed E-state index contributed by atoms with van der Waals surface area (Å²) in [7, 11) is 1.13. The van der Waals surface area contributed by atoms with Gasteiger partial charge in [-0.2, -0.15) is 18.3 Å². The fraction of sp³-hybridized carbons (Fsp3) is 0.300. The highest BCUT2D eigenvalue weighted by atomic mass is 19.4. The van der Waals surface area contributed by atoms with Gasteiger partial charge in [0, 0.05) is 6.20 Å². The molecule has 0 saturated carbocycles. The molecule has 2 aromatic heterocycles. The summed E-state index contributed by atoms with van der Waals surface area (Å²) in [5.41, 5.74) is -0.180. The first-order valence-electron chi connectivity index (χ1n) is 4.89. The van der Waals surface area contributed by atoms with E-state index >= 15 is 0 Å². The number of ether oxygens (including phenoxy) is 1. The lowest BCUT2D eigenvalue weighted by Gasteiger charge is -2.06. The number of alkyl halides is 3. The average molecular weight is 259 g/mol.